The minimum Gasteiger partial charge on any atom is -0.497 e. The van der Waals surface area contributed by atoms with Gasteiger partial charge in [0.15, 0.2) is 0 Å². The Morgan fingerprint density at radius 3 is 2.67 bits per heavy atom. The van der Waals surface area contributed by atoms with Gasteiger partial charge in [0, 0.05) is 16.5 Å². The van der Waals surface area contributed by atoms with E-state index in [0.29, 0.717) is 22.1 Å². The van der Waals surface area contributed by atoms with E-state index in [0.717, 1.165) is 10.7 Å². The fourth-order valence-corrected chi connectivity index (χ4v) is 4.17. The number of hydrogen-bond donors (Lipinski definition) is 1. The number of ether oxygens (including phenoxy) is 1. The predicted octanol–water partition coefficient (Wildman–Crippen LogP) is 3.34. The Hall–Kier alpha value is -1.40. The fourth-order valence-electron chi connectivity index (χ4n) is 1.75. The first-order valence-corrected chi connectivity index (χ1v) is 8.78. The number of nitrogens with two attached hydrogens (primary N) is 1. The van der Waals surface area contributed by atoms with Gasteiger partial charge in [-0.15, -0.1) is 11.3 Å². The number of nitrogens with zero attached hydrogens (tertiary/aromatic N) is 1. The third-order valence-corrected chi connectivity index (χ3v) is 5.45. The average molecular weight is 324 g/mol. The van der Waals surface area contributed by atoms with E-state index in [1.54, 1.807) is 25.3 Å². The summed E-state index contributed by atoms with van der Waals surface area (Å²) in [4.78, 5) is 5.17. The van der Waals surface area contributed by atoms with Gasteiger partial charge in [0.1, 0.15) is 10.8 Å². The van der Waals surface area contributed by atoms with Gasteiger partial charge in [-0.05, 0) is 18.2 Å². The fraction of sp³-hybridized carbons (Fsp3) is 0.400. The highest BCUT2D eigenvalue weighted by molar-refractivity contribution is 7.84. The number of anilines is 1. The number of nitrogen functional groups attached to an aromatic ring is 1. The molecule has 1 aromatic heterocycles. The van der Waals surface area contributed by atoms with Crippen molar-refractivity contribution in [3.05, 3.63) is 34.3 Å². The van der Waals surface area contributed by atoms with Crippen molar-refractivity contribution in [2.24, 2.45) is 0 Å². The smallest absolute Gasteiger partial charge is 0.120 e. The highest BCUT2D eigenvalue weighted by atomic mass is 32.2. The third-order valence-electron chi connectivity index (χ3n) is 3.04. The maximum Gasteiger partial charge on any atom is 0.120 e. The van der Waals surface area contributed by atoms with Gasteiger partial charge in [-0.1, -0.05) is 20.8 Å². The van der Waals surface area contributed by atoms with Crippen LogP contribution in [0.2, 0.25) is 0 Å². The molecule has 2 N–H and O–H groups in total. The molecule has 2 rings (SSSR count). The molecule has 0 aliphatic heterocycles. The molecule has 0 amide bonds. The first-order chi connectivity index (χ1) is 9.81. The number of rotatable bonds is 4. The molecule has 0 saturated carbocycles. The van der Waals surface area contributed by atoms with Crippen LogP contribution in [0.25, 0.3) is 0 Å². The van der Waals surface area contributed by atoms with Gasteiger partial charge in [0.25, 0.3) is 0 Å². The Morgan fingerprint density at radius 1 is 1.38 bits per heavy atom. The van der Waals surface area contributed by atoms with Crippen LogP contribution < -0.4 is 10.5 Å². The van der Waals surface area contributed by atoms with E-state index in [4.69, 9.17) is 10.5 Å². The Balaban J connectivity index is 2.20. The lowest BCUT2D eigenvalue weighted by atomic mass is 9.93. The number of aromatic nitrogens is 1. The summed E-state index contributed by atoms with van der Waals surface area (Å²) < 4.78 is 17.7. The summed E-state index contributed by atoms with van der Waals surface area (Å²) in [5.41, 5.74) is 7.45. The van der Waals surface area contributed by atoms with Crippen LogP contribution in [-0.4, -0.2) is 16.3 Å². The molecule has 0 bridgehead atoms. The van der Waals surface area contributed by atoms with E-state index in [-0.39, 0.29) is 5.41 Å². The van der Waals surface area contributed by atoms with Crippen LogP contribution in [0.5, 0.6) is 5.75 Å². The third kappa shape index (κ3) is 3.83. The van der Waals surface area contributed by atoms with Gasteiger partial charge < -0.3 is 10.5 Å². The maximum atomic E-state index is 12.5. The number of benzene rings is 1. The van der Waals surface area contributed by atoms with E-state index in [1.165, 1.54) is 11.3 Å². The zero-order valence-corrected chi connectivity index (χ0v) is 14.3. The molecule has 0 radical (unpaired) electrons. The van der Waals surface area contributed by atoms with Crippen LogP contribution in [-0.2, 0) is 22.0 Å². The Bertz CT molecular complexity index is 660. The molecule has 2 aromatic rings. The molecule has 1 aromatic carbocycles. The molecule has 0 aliphatic carbocycles. The lowest BCUT2D eigenvalue weighted by Gasteiger charge is -2.14. The summed E-state index contributed by atoms with van der Waals surface area (Å²) in [5.74, 6) is 1.03. The van der Waals surface area contributed by atoms with Crippen LogP contribution >= 0.6 is 11.3 Å². The van der Waals surface area contributed by atoms with Crippen molar-refractivity contribution >= 4 is 27.8 Å². The second kappa shape index (κ2) is 6.15. The second-order valence-corrected chi connectivity index (χ2v) is 8.13. The Morgan fingerprint density at radius 2 is 2.10 bits per heavy atom. The van der Waals surface area contributed by atoms with Crippen molar-refractivity contribution in [1.29, 1.82) is 0 Å². The second-order valence-electron chi connectivity index (χ2n) is 5.77. The molecule has 0 saturated heterocycles. The highest BCUT2D eigenvalue weighted by Gasteiger charge is 2.19. The lowest BCUT2D eigenvalue weighted by molar-refractivity contribution is 0.413. The van der Waals surface area contributed by atoms with E-state index in [1.807, 2.05) is 5.38 Å². The zero-order chi connectivity index (χ0) is 15.6. The van der Waals surface area contributed by atoms with Crippen molar-refractivity contribution in [2.75, 3.05) is 12.8 Å². The van der Waals surface area contributed by atoms with E-state index < -0.39 is 10.8 Å². The van der Waals surface area contributed by atoms with E-state index >= 15 is 0 Å². The summed E-state index contributed by atoms with van der Waals surface area (Å²) in [7, 11) is 0.350. The SMILES string of the molecule is COc1ccc(N)c(S(=O)Cc2nc(C(C)(C)C)cs2)c1. The van der Waals surface area contributed by atoms with Crippen molar-refractivity contribution in [3.63, 3.8) is 0 Å². The van der Waals surface area contributed by atoms with Crippen LogP contribution in [0.1, 0.15) is 31.5 Å². The number of thiazole rings is 1. The molecule has 1 heterocycles. The monoisotopic (exact) mass is 324 g/mol. The van der Waals surface area contributed by atoms with E-state index in [9.17, 15) is 4.21 Å². The summed E-state index contributed by atoms with van der Waals surface area (Å²) in [6.45, 7) is 6.34. The summed E-state index contributed by atoms with van der Waals surface area (Å²) in [6.07, 6.45) is 0. The molecule has 21 heavy (non-hydrogen) atoms. The van der Waals surface area contributed by atoms with Gasteiger partial charge in [-0.25, -0.2) is 4.98 Å². The first kappa shape index (κ1) is 16.0. The maximum absolute atomic E-state index is 12.5. The van der Waals surface area contributed by atoms with Crippen molar-refractivity contribution in [3.8, 4) is 5.75 Å². The summed E-state index contributed by atoms with van der Waals surface area (Å²) in [6, 6.07) is 5.20. The van der Waals surface area contributed by atoms with Crippen molar-refractivity contribution < 1.29 is 8.95 Å². The lowest BCUT2D eigenvalue weighted by Crippen LogP contribution is -2.11. The molecule has 114 valence electrons. The first-order valence-electron chi connectivity index (χ1n) is 6.58. The van der Waals surface area contributed by atoms with Gasteiger partial charge >= 0.3 is 0 Å². The normalized spacial score (nSPS) is 13.1. The number of methoxy groups -OCH3 is 1. The minimum atomic E-state index is -1.23. The standard InChI is InChI=1S/C15H20N2O2S2/c1-15(2,3)13-8-20-14(17-13)9-21(18)12-7-10(19-4)5-6-11(12)16/h5-8H,9,16H2,1-4H3. The predicted molar refractivity (Wildman–Crippen MR) is 88.3 cm³/mol. The molecular weight excluding hydrogens is 304 g/mol. The largest absolute Gasteiger partial charge is 0.497 e. The van der Waals surface area contributed by atoms with Crippen molar-refractivity contribution in [1.82, 2.24) is 4.98 Å². The van der Waals surface area contributed by atoms with Gasteiger partial charge in [-0.3, -0.25) is 4.21 Å². The van der Waals surface area contributed by atoms with E-state index in [2.05, 4.69) is 25.8 Å². The molecular formula is C15H20N2O2S2. The molecule has 4 nitrogen and oxygen atoms in total. The summed E-state index contributed by atoms with van der Waals surface area (Å²) >= 11 is 1.54. The molecule has 6 heteroatoms. The summed E-state index contributed by atoms with van der Waals surface area (Å²) in [5, 5.41) is 2.89. The highest BCUT2D eigenvalue weighted by Crippen LogP contribution is 2.27. The van der Waals surface area contributed by atoms with Crippen LogP contribution in [0.15, 0.2) is 28.5 Å². The molecule has 1 unspecified atom stereocenters. The quantitative estimate of drug-likeness (QED) is 0.876. The van der Waals surface area contributed by atoms with Crippen LogP contribution in [0.3, 0.4) is 0 Å². The molecule has 1 atom stereocenters. The molecule has 0 aliphatic rings. The topological polar surface area (TPSA) is 65.2 Å². The van der Waals surface area contributed by atoms with Gasteiger partial charge in [-0.2, -0.15) is 0 Å². The molecule has 0 fully saturated rings. The Labute approximate surface area is 131 Å². The minimum absolute atomic E-state index is 0.00520. The Kier molecular flexibility index (Phi) is 4.68. The zero-order valence-electron chi connectivity index (χ0n) is 12.7. The molecule has 0 spiro atoms. The van der Waals surface area contributed by atoms with Crippen LogP contribution in [0.4, 0.5) is 5.69 Å². The average Bonchev–Trinajstić information content (AvgIpc) is 2.87. The number of hydrogen-bond acceptors (Lipinski definition) is 5. The van der Waals surface area contributed by atoms with Gasteiger partial charge in [0.05, 0.1) is 34.3 Å². The van der Waals surface area contributed by atoms with Crippen molar-refractivity contribution in [2.45, 2.75) is 36.8 Å². The van der Waals surface area contributed by atoms with Crippen LogP contribution in [0, 0.1) is 0 Å². The van der Waals surface area contributed by atoms with Gasteiger partial charge in [0.2, 0.25) is 0 Å².